The SMILES string of the molecule is O=C(OS)C1CCCCN1S(=O)(O)=S. The highest BCUT2D eigenvalue weighted by Gasteiger charge is 2.34. The Bertz CT molecular complexity index is 315. The van der Waals surface area contributed by atoms with Crippen LogP contribution in [0.2, 0.25) is 0 Å². The average Bonchev–Trinajstić information content (AvgIpc) is 2.15. The van der Waals surface area contributed by atoms with E-state index in [2.05, 4.69) is 28.3 Å². The fourth-order valence-electron chi connectivity index (χ4n) is 1.48. The molecule has 1 heterocycles. The third kappa shape index (κ3) is 2.80. The first kappa shape index (κ1) is 12.2. The Morgan fingerprint density at radius 2 is 2.29 bits per heavy atom. The summed E-state index contributed by atoms with van der Waals surface area (Å²) in [4.78, 5) is 11.2. The summed E-state index contributed by atoms with van der Waals surface area (Å²) in [6, 6.07) is -0.740. The van der Waals surface area contributed by atoms with Crippen LogP contribution in [0.1, 0.15) is 19.3 Å². The predicted molar refractivity (Wildman–Crippen MR) is 57.6 cm³/mol. The molecule has 82 valence electrons. The van der Waals surface area contributed by atoms with Crippen molar-refractivity contribution in [3.63, 3.8) is 0 Å². The topological polar surface area (TPSA) is 66.8 Å². The van der Waals surface area contributed by atoms with Crippen molar-refractivity contribution in [1.29, 1.82) is 0 Å². The Kier molecular flexibility index (Phi) is 4.14. The average molecular weight is 257 g/mol. The zero-order chi connectivity index (χ0) is 10.8. The molecule has 1 aliphatic heterocycles. The van der Waals surface area contributed by atoms with Gasteiger partial charge in [0.2, 0.25) is 8.96 Å². The minimum Gasteiger partial charge on any atom is -0.393 e. The molecule has 0 spiro atoms. The van der Waals surface area contributed by atoms with E-state index in [-0.39, 0.29) is 0 Å². The zero-order valence-electron chi connectivity index (χ0n) is 7.29. The van der Waals surface area contributed by atoms with Crippen molar-refractivity contribution in [3.8, 4) is 0 Å². The molecule has 0 saturated carbocycles. The van der Waals surface area contributed by atoms with Gasteiger partial charge in [-0.25, -0.2) is 9.00 Å². The number of hydrogen-bond acceptors (Lipinski definition) is 5. The molecule has 1 aliphatic rings. The van der Waals surface area contributed by atoms with E-state index in [1.807, 2.05) is 0 Å². The normalized spacial score (nSPS) is 28.0. The number of rotatable bonds is 2. The van der Waals surface area contributed by atoms with E-state index in [1.165, 1.54) is 0 Å². The highest BCUT2D eigenvalue weighted by atomic mass is 32.8. The predicted octanol–water partition coefficient (Wildman–Crippen LogP) is 0.363. The second-order valence-corrected chi connectivity index (χ2v) is 5.86. The molecule has 0 aromatic rings. The quantitative estimate of drug-likeness (QED) is 0.552. The third-order valence-corrected chi connectivity index (χ3v) is 3.90. The number of carbonyl (C=O) groups excluding carboxylic acids is 1. The maximum atomic E-state index is 11.2. The lowest BCUT2D eigenvalue weighted by molar-refractivity contribution is -0.138. The first-order valence-electron chi connectivity index (χ1n) is 4.06. The van der Waals surface area contributed by atoms with Crippen molar-refractivity contribution in [2.24, 2.45) is 0 Å². The van der Waals surface area contributed by atoms with Crippen LogP contribution in [0.25, 0.3) is 0 Å². The molecule has 0 amide bonds. The van der Waals surface area contributed by atoms with Gasteiger partial charge in [-0.15, -0.1) is 0 Å². The van der Waals surface area contributed by atoms with Crippen LogP contribution < -0.4 is 0 Å². The van der Waals surface area contributed by atoms with Gasteiger partial charge in [0, 0.05) is 30.6 Å². The summed E-state index contributed by atoms with van der Waals surface area (Å²) in [6.07, 6.45) is 2.05. The molecule has 1 rings (SSSR count). The second-order valence-electron chi connectivity index (χ2n) is 3.01. The minimum atomic E-state index is -3.50. The van der Waals surface area contributed by atoms with Crippen LogP contribution >= 0.6 is 12.9 Å². The summed E-state index contributed by atoms with van der Waals surface area (Å²) >= 11 is 7.80. The van der Waals surface area contributed by atoms with E-state index >= 15 is 0 Å². The summed E-state index contributed by atoms with van der Waals surface area (Å²) in [5, 5.41) is 0. The summed E-state index contributed by atoms with van der Waals surface area (Å²) in [7, 11) is -3.50. The van der Waals surface area contributed by atoms with Gasteiger partial charge in [0.25, 0.3) is 0 Å². The first-order chi connectivity index (χ1) is 6.46. The van der Waals surface area contributed by atoms with Gasteiger partial charge in [-0.1, -0.05) is 0 Å². The van der Waals surface area contributed by atoms with Gasteiger partial charge in [-0.3, -0.25) is 4.55 Å². The van der Waals surface area contributed by atoms with Crippen molar-refractivity contribution in [3.05, 3.63) is 0 Å². The largest absolute Gasteiger partial charge is 0.393 e. The van der Waals surface area contributed by atoms with Crippen LogP contribution in [0.15, 0.2) is 0 Å². The fraction of sp³-hybridized carbons (Fsp3) is 0.833. The van der Waals surface area contributed by atoms with E-state index < -0.39 is 21.0 Å². The Morgan fingerprint density at radius 3 is 2.79 bits per heavy atom. The van der Waals surface area contributed by atoms with E-state index in [4.69, 9.17) is 0 Å². The number of thiol groups is 1. The molecule has 1 fully saturated rings. The molecule has 8 heteroatoms. The lowest BCUT2D eigenvalue weighted by Crippen LogP contribution is -2.47. The number of carbonyl (C=O) groups is 1. The van der Waals surface area contributed by atoms with Gasteiger partial charge in [-0.2, -0.15) is 4.31 Å². The maximum absolute atomic E-state index is 11.2. The van der Waals surface area contributed by atoms with E-state index in [0.717, 1.165) is 17.1 Å². The summed E-state index contributed by atoms with van der Waals surface area (Å²) in [5.74, 6) is -0.625. The lowest BCUT2D eigenvalue weighted by atomic mass is 10.1. The highest BCUT2D eigenvalue weighted by Crippen LogP contribution is 2.21. The molecule has 0 radical (unpaired) electrons. The van der Waals surface area contributed by atoms with Crippen LogP contribution in [0.4, 0.5) is 0 Å². The highest BCUT2D eigenvalue weighted by molar-refractivity contribution is 8.28. The van der Waals surface area contributed by atoms with Crippen LogP contribution in [-0.2, 0) is 29.1 Å². The number of hydrogen-bond donors (Lipinski definition) is 2. The number of piperidine rings is 1. The van der Waals surface area contributed by atoms with Crippen LogP contribution in [-0.4, -0.2) is 31.6 Å². The van der Waals surface area contributed by atoms with Gasteiger partial charge >= 0.3 is 5.97 Å². The standard InChI is InChI=1S/C6H11NO4S3/c8-6(11-12)5-3-1-2-4-7(5)14(9,10)13/h5,12H,1-4H2,(H,9,10,13). The molecular weight excluding hydrogens is 246 g/mol. The van der Waals surface area contributed by atoms with Crippen LogP contribution in [0.3, 0.4) is 0 Å². The van der Waals surface area contributed by atoms with Crippen LogP contribution in [0.5, 0.6) is 0 Å². The van der Waals surface area contributed by atoms with E-state index in [9.17, 15) is 13.6 Å². The summed E-state index contributed by atoms with van der Waals surface area (Å²) in [5.41, 5.74) is 0. The first-order valence-corrected chi connectivity index (χ1v) is 6.82. The molecule has 0 aliphatic carbocycles. The molecule has 1 N–H and O–H groups in total. The number of nitrogens with zero attached hydrogens (tertiary/aromatic N) is 1. The Balaban J connectivity index is 2.85. The Hall–Kier alpha value is 0.110. The molecule has 2 unspecified atom stereocenters. The summed E-state index contributed by atoms with van der Waals surface area (Å²) in [6.45, 7) is 0.340. The molecule has 2 atom stereocenters. The van der Waals surface area contributed by atoms with Crippen molar-refractivity contribution in [2.75, 3.05) is 6.54 Å². The van der Waals surface area contributed by atoms with Gasteiger partial charge in [0.05, 0.1) is 0 Å². The van der Waals surface area contributed by atoms with E-state index in [1.54, 1.807) is 0 Å². The molecule has 1 saturated heterocycles. The molecule has 0 aromatic carbocycles. The zero-order valence-corrected chi connectivity index (χ0v) is 9.82. The molecule has 0 bridgehead atoms. The van der Waals surface area contributed by atoms with Gasteiger partial charge in [-0.05, 0) is 19.3 Å². The van der Waals surface area contributed by atoms with Crippen molar-refractivity contribution in [2.45, 2.75) is 25.3 Å². The van der Waals surface area contributed by atoms with Gasteiger partial charge in [0.15, 0.2) is 0 Å². The Labute approximate surface area is 93.0 Å². The monoisotopic (exact) mass is 257 g/mol. The van der Waals surface area contributed by atoms with Gasteiger partial charge in [0.1, 0.15) is 6.04 Å². The molecular formula is C6H11NO4S3. The smallest absolute Gasteiger partial charge is 0.336 e. The van der Waals surface area contributed by atoms with Crippen LogP contribution in [0, 0.1) is 0 Å². The van der Waals surface area contributed by atoms with Gasteiger partial charge < -0.3 is 4.18 Å². The third-order valence-electron chi connectivity index (χ3n) is 2.11. The van der Waals surface area contributed by atoms with E-state index in [0.29, 0.717) is 13.0 Å². The molecule has 5 nitrogen and oxygen atoms in total. The fourth-order valence-corrected chi connectivity index (χ4v) is 3.01. The van der Waals surface area contributed by atoms with Crippen molar-refractivity contribution < 1.29 is 17.7 Å². The Morgan fingerprint density at radius 1 is 1.64 bits per heavy atom. The minimum absolute atomic E-state index is 0.340. The molecule has 0 aromatic heterocycles. The second kappa shape index (κ2) is 4.75. The van der Waals surface area contributed by atoms with Crippen molar-refractivity contribution in [1.82, 2.24) is 4.31 Å². The maximum Gasteiger partial charge on any atom is 0.336 e. The summed E-state index contributed by atoms with van der Waals surface area (Å²) < 4.78 is 25.8. The molecule has 14 heavy (non-hydrogen) atoms. The lowest BCUT2D eigenvalue weighted by Gasteiger charge is -2.31. The van der Waals surface area contributed by atoms with Crippen molar-refractivity contribution >= 4 is 39.0 Å².